The van der Waals surface area contributed by atoms with Gasteiger partial charge in [0.2, 0.25) is 10.0 Å². The van der Waals surface area contributed by atoms with E-state index in [4.69, 9.17) is 0 Å². The van der Waals surface area contributed by atoms with E-state index >= 15 is 0 Å². The maximum Gasteiger partial charge on any atom is 0.337 e. The van der Waals surface area contributed by atoms with Crippen LogP contribution in [0, 0.1) is 6.92 Å². The summed E-state index contributed by atoms with van der Waals surface area (Å²) in [4.78, 5) is 30.7. The summed E-state index contributed by atoms with van der Waals surface area (Å²) in [5.41, 5.74) is 0.960. The van der Waals surface area contributed by atoms with Crippen molar-refractivity contribution in [3.63, 3.8) is 0 Å². The lowest BCUT2D eigenvalue weighted by molar-refractivity contribution is 0.0698. The van der Waals surface area contributed by atoms with Crippen LogP contribution in [0.1, 0.15) is 26.3 Å². The van der Waals surface area contributed by atoms with Crippen LogP contribution in [0.4, 0.5) is 11.5 Å². The zero-order valence-corrected chi connectivity index (χ0v) is 19.3. The highest BCUT2D eigenvalue weighted by Gasteiger charge is 2.29. The Morgan fingerprint density at radius 1 is 0.971 bits per heavy atom. The van der Waals surface area contributed by atoms with E-state index in [1.165, 1.54) is 40.7 Å². The maximum atomic E-state index is 13.2. The summed E-state index contributed by atoms with van der Waals surface area (Å²) in [5.74, 6) is -0.960. The minimum Gasteiger partial charge on any atom is -0.478 e. The number of rotatable bonds is 6. The van der Waals surface area contributed by atoms with Crippen LogP contribution in [-0.2, 0) is 10.0 Å². The molecule has 0 saturated carbocycles. The average molecular weight is 481 g/mol. The molecule has 9 nitrogen and oxygen atoms in total. The SMILES string of the molecule is Cc1ccc(NC(=O)c2cccc(S(=O)(=O)N3CCN(c4ccccn4)CC3)c2)c(C(=O)O)c1. The standard InChI is InChI=1S/C24H24N4O5S/c1-17-8-9-21(20(15-17)24(30)31)26-23(29)18-5-4-6-19(16-18)34(32,33)28-13-11-27(12-14-28)22-7-2-3-10-25-22/h2-10,15-16H,11-14H2,1H3,(H,26,29)(H,30,31). The number of carboxylic acids is 1. The molecule has 1 fully saturated rings. The van der Waals surface area contributed by atoms with Crippen LogP contribution in [0.25, 0.3) is 0 Å². The molecule has 3 aromatic rings. The van der Waals surface area contributed by atoms with Crippen molar-refractivity contribution in [1.82, 2.24) is 9.29 Å². The van der Waals surface area contributed by atoms with Crippen molar-refractivity contribution in [2.45, 2.75) is 11.8 Å². The molecule has 0 unspecified atom stereocenters. The Morgan fingerprint density at radius 2 is 1.74 bits per heavy atom. The zero-order valence-electron chi connectivity index (χ0n) is 18.5. The van der Waals surface area contributed by atoms with Gasteiger partial charge in [0, 0.05) is 37.9 Å². The number of hydrogen-bond acceptors (Lipinski definition) is 6. The summed E-state index contributed by atoms with van der Waals surface area (Å²) in [6.07, 6.45) is 1.70. The minimum absolute atomic E-state index is 0.00815. The molecule has 1 aromatic heterocycles. The Bertz CT molecular complexity index is 1320. The molecular weight excluding hydrogens is 456 g/mol. The van der Waals surface area contributed by atoms with Gasteiger partial charge in [0.15, 0.2) is 0 Å². The fourth-order valence-electron chi connectivity index (χ4n) is 3.78. The van der Waals surface area contributed by atoms with Crippen LogP contribution >= 0.6 is 0 Å². The molecule has 2 heterocycles. The topological polar surface area (TPSA) is 120 Å². The Morgan fingerprint density at radius 3 is 2.41 bits per heavy atom. The lowest BCUT2D eigenvalue weighted by atomic mass is 10.1. The van der Waals surface area contributed by atoms with Crippen molar-refractivity contribution in [2.75, 3.05) is 36.4 Å². The van der Waals surface area contributed by atoms with E-state index in [2.05, 4.69) is 10.3 Å². The number of aromatic carboxylic acids is 1. The van der Waals surface area contributed by atoms with Crippen molar-refractivity contribution in [3.8, 4) is 0 Å². The van der Waals surface area contributed by atoms with E-state index in [1.54, 1.807) is 19.2 Å². The van der Waals surface area contributed by atoms with E-state index in [0.717, 1.165) is 11.4 Å². The van der Waals surface area contributed by atoms with Crippen molar-refractivity contribution in [1.29, 1.82) is 0 Å². The molecule has 4 rings (SSSR count). The van der Waals surface area contributed by atoms with E-state index in [1.807, 2.05) is 23.1 Å². The third kappa shape index (κ3) is 4.92. The number of pyridine rings is 1. The number of hydrogen-bond donors (Lipinski definition) is 2. The smallest absolute Gasteiger partial charge is 0.337 e. The number of carbonyl (C=O) groups excluding carboxylic acids is 1. The molecule has 0 radical (unpaired) electrons. The number of aromatic nitrogens is 1. The molecule has 1 amide bonds. The van der Waals surface area contributed by atoms with Gasteiger partial charge in [0.05, 0.1) is 16.1 Å². The second-order valence-corrected chi connectivity index (χ2v) is 9.85. The van der Waals surface area contributed by atoms with Crippen LogP contribution in [0.2, 0.25) is 0 Å². The molecule has 1 aliphatic heterocycles. The van der Waals surface area contributed by atoms with Gasteiger partial charge < -0.3 is 15.3 Å². The summed E-state index contributed by atoms with van der Waals surface area (Å²) in [5, 5.41) is 12.0. The van der Waals surface area contributed by atoms with E-state index < -0.39 is 21.9 Å². The van der Waals surface area contributed by atoms with Gasteiger partial charge in [0.25, 0.3) is 5.91 Å². The molecule has 0 spiro atoms. The number of piperazine rings is 1. The van der Waals surface area contributed by atoms with Crippen molar-refractivity contribution in [2.24, 2.45) is 0 Å². The summed E-state index contributed by atoms with van der Waals surface area (Å²) in [7, 11) is -3.81. The van der Waals surface area contributed by atoms with Gasteiger partial charge in [-0.3, -0.25) is 4.79 Å². The molecule has 0 aliphatic carbocycles. The lowest BCUT2D eigenvalue weighted by Gasteiger charge is -2.34. The summed E-state index contributed by atoms with van der Waals surface area (Å²) >= 11 is 0. The van der Waals surface area contributed by atoms with Gasteiger partial charge in [0.1, 0.15) is 5.82 Å². The largest absolute Gasteiger partial charge is 0.478 e. The third-order valence-electron chi connectivity index (χ3n) is 5.60. The molecule has 0 atom stereocenters. The first-order chi connectivity index (χ1) is 16.3. The number of sulfonamides is 1. The van der Waals surface area contributed by atoms with Crippen molar-refractivity contribution < 1.29 is 23.1 Å². The lowest BCUT2D eigenvalue weighted by Crippen LogP contribution is -2.48. The molecule has 2 aromatic carbocycles. The number of anilines is 2. The highest BCUT2D eigenvalue weighted by Crippen LogP contribution is 2.22. The summed E-state index contributed by atoms with van der Waals surface area (Å²) in [6.45, 7) is 3.34. The van der Waals surface area contributed by atoms with E-state index in [9.17, 15) is 23.1 Å². The van der Waals surface area contributed by atoms with Gasteiger partial charge >= 0.3 is 5.97 Å². The van der Waals surface area contributed by atoms with Crippen LogP contribution in [0.3, 0.4) is 0 Å². The highest BCUT2D eigenvalue weighted by molar-refractivity contribution is 7.89. The fourth-order valence-corrected chi connectivity index (χ4v) is 5.25. The molecule has 34 heavy (non-hydrogen) atoms. The van der Waals surface area contributed by atoms with Gasteiger partial charge in [-0.25, -0.2) is 18.2 Å². The normalized spacial score (nSPS) is 14.6. The predicted octanol–water partition coefficient (Wildman–Crippen LogP) is 2.85. The van der Waals surface area contributed by atoms with Crippen molar-refractivity contribution in [3.05, 3.63) is 83.6 Å². The van der Waals surface area contributed by atoms with Gasteiger partial charge in [-0.15, -0.1) is 0 Å². The Kier molecular flexibility index (Phi) is 6.62. The summed E-state index contributed by atoms with van der Waals surface area (Å²) in [6, 6.07) is 16.0. The number of carboxylic acid groups (broad SMARTS) is 1. The second-order valence-electron chi connectivity index (χ2n) is 7.92. The van der Waals surface area contributed by atoms with Gasteiger partial charge in [-0.1, -0.05) is 23.8 Å². The molecule has 0 bridgehead atoms. The Balaban J connectivity index is 1.50. The zero-order chi connectivity index (χ0) is 24.3. The van der Waals surface area contributed by atoms with Crippen LogP contribution in [0.15, 0.2) is 71.8 Å². The van der Waals surface area contributed by atoms with Crippen molar-refractivity contribution >= 4 is 33.4 Å². The van der Waals surface area contributed by atoms with E-state index in [-0.39, 0.29) is 21.7 Å². The maximum absolute atomic E-state index is 13.2. The predicted molar refractivity (Wildman–Crippen MR) is 128 cm³/mol. The monoisotopic (exact) mass is 480 g/mol. The average Bonchev–Trinajstić information content (AvgIpc) is 2.85. The first kappa shape index (κ1) is 23.4. The van der Waals surface area contributed by atoms with E-state index in [0.29, 0.717) is 26.2 Å². The molecule has 2 N–H and O–H groups in total. The molecule has 1 saturated heterocycles. The quantitative estimate of drug-likeness (QED) is 0.557. The number of amides is 1. The van der Waals surface area contributed by atoms with Crippen LogP contribution < -0.4 is 10.2 Å². The first-order valence-electron chi connectivity index (χ1n) is 10.7. The summed E-state index contributed by atoms with van der Waals surface area (Å²) < 4.78 is 27.8. The van der Waals surface area contributed by atoms with Crippen LogP contribution in [0.5, 0.6) is 0 Å². The first-order valence-corrected chi connectivity index (χ1v) is 12.1. The van der Waals surface area contributed by atoms with Gasteiger partial charge in [-0.2, -0.15) is 4.31 Å². The molecular formula is C24H24N4O5S. The number of benzene rings is 2. The molecule has 10 heteroatoms. The number of carbonyl (C=O) groups is 2. The molecule has 1 aliphatic rings. The second kappa shape index (κ2) is 9.62. The number of nitrogens with zero attached hydrogens (tertiary/aromatic N) is 3. The van der Waals surface area contributed by atoms with Crippen LogP contribution in [-0.4, -0.2) is 60.9 Å². The molecule has 176 valence electrons. The highest BCUT2D eigenvalue weighted by atomic mass is 32.2. The minimum atomic E-state index is -3.81. The number of nitrogens with one attached hydrogen (secondary N) is 1. The van der Waals surface area contributed by atoms with Gasteiger partial charge in [-0.05, 0) is 49.4 Å². The Labute approximate surface area is 197 Å². The fraction of sp³-hybridized carbons (Fsp3) is 0.208. The number of aryl methyl sites for hydroxylation is 1. The third-order valence-corrected chi connectivity index (χ3v) is 7.49. The Hall–Kier alpha value is -3.76.